The van der Waals surface area contributed by atoms with Crippen molar-refractivity contribution in [2.45, 2.75) is 133 Å². The fourth-order valence-electron chi connectivity index (χ4n) is 7.34. The smallest absolute Gasteiger partial charge is 0.303 e. The minimum absolute atomic E-state index is 0.00983. The summed E-state index contributed by atoms with van der Waals surface area (Å²) in [5, 5.41) is 35.4. The summed E-state index contributed by atoms with van der Waals surface area (Å²) in [6.45, 7) is 4.06. The van der Waals surface area contributed by atoms with Crippen LogP contribution < -0.4 is 60.6 Å². The van der Waals surface area contributed by atoms with E-state index in [2.05, 4.69) is 46.9 Å². The van der Waals surface area contributed by atoms with Gasteiger partial charge >= 0.3 is 5.97 Å². The zero-order valence-electron chi connectivity index (χ0n) is 40.1. The molecule has 2 aromatic rings. The number of aliphatic carboxylic acids is 1. The third kappa shape index (κ3) is 21.8. The van der Waals surface area contributed by atoms with Gasteiger partial charge in [-0.3, -0.25) is 48.3 Å². The van der Waals surface area contributed by atoms with E-state index in [0.717, 1.165) is 0 Å². The minimum atomic E-state index is -1.58. The number of rotatable bonds is 32. The van der Waals surface area contributed by atoms with Crippen LogP contribution in [0, 0.1) is 5.92 Å². The molecule has 0 aromatic heterocycles. The number of primary amides is 1. The first kappa shape index (κ1) is 57.8. The average Bonchev–Trinajstić information content (AvgIpc) is 3.84. The van der Waals surface area contributed by atoms with Crippen LogP contribution in [-0.4, -0.2) is 137 Å². The number of aliphatic imine (C=N–C) groups is 3. The highest BCUT2D eigenvalue weighted by Crippen LogP contribution is 2.15. The van der Waals surface area contributed by atoms with E-state index in [1.807, 2.05) is 0 Å². The second-order valence-corrected chi connectivity index (χ2v) is 17.6. The van der Waals surface area contributed by atoms with Crippen molar-refractivity contribution in [3.63, 3.8) is 0 Å². The average molecular weight is 991 g/mol. The quantitative estimate of drug-likeness (QED) is 0.0212. The third-order valence-corrected chi connectivity index (χ3v) is 11.1. The van der Waals surface area contributed by atoms with E-state index in [1.54, 1.807) is 44.2 Å². The van der Waals surface area contributed by atoms with Gasteiger partial charge in [-0.25, -0.2) is 4.99 Å². The number of hydrogen-bond acceptors (Lipinski definition) is 14. The van der Waals surface area contributed by atoms with Crippen molar-refractivity contribution in [2.24, 2.45) is 49.6 Å². The number of phenolic OH excluding ortho intramolecular Hbond substituents is 1. The Morgan fingerprint density at radius 3 is 1.76 bits per heavy atom. The molecule has 18 N–H and O–H groups in total. The normalized spacial score (nSPS) is 15.7. The first-order chi connectivity index (χ1) is 33.8. The fraction of sp³-hybridized carbons (Fsp3) is 0.511. The van der Waals surface area contributed by atoms with Crippen molar-refractivity contribution in [1.82, 2.24) is 31.9 Å². The molecule has 0 fully saturated rings. The molecule has 71 heavy (non-hydrogen) atoms. The van der Waals surface area contributed by atoms with E-state index in [4.69, 9.17) is 28.7 Å². The molecule has 8 atom stereocenters. The highest BCUT2D eigenvalue weighted by atomic mass is 16.4. The number of carboxylic acid groups (broad SMARTS) is 1. The van der Waals surface area contributed by atoms with Crippen LogP contribution in [0.3, 0.4) is 0 Å². The molecule has 3 rings (SSSR count). The van der Waals surface area contributed by atoms with Gasteiger partial charge in [0.05, 0.1) is 12.1 Å². The Morgan fingerprint density at radius 2 is 1.18 bits per heavy atom. The van der Waals surface area contributed by atoms with E-state index >= 15 is 0 Å². The molecule has 0 saturated carbocycles. The molecule has 2 aromatic carbocycles. The maximum atomic E-state index is 14.4. The van der Waals surface area contributed by atoms with Crippen LogP contribution in [-0.2, 0) is 51.2 Å². The van der Waals surface area contributed by atoms with Gasteiger partial charge in [0.2, 0.25) is 41.4 Å². The number of nitrogens with two attached hydrogens (primary N) is 5. The summed E-state index contributed by atoms with van der Waals surface area (Å²) in [4.78, 5) is 120. The molecule has 0 bridgehead atoms. The van der Waals surface area contributed by atoms with Crippen LogP contribution >= 0.6 is 0 Å². The maximum Gasteiger partial charge on any atom is 0.303 e. The van der Waals surface area contributed by atoms with Crippen LogP contribution in [0.15, 0.2) is 69.6 Å². The second kappa shape index (κ2) is 30.2. The van der Waals surface area contributed by atoms with Crippen molar-refractivity contribution < 1.29 is 48.6 Å². The number of nitrogens with one attached hydrogen (secondary N) is 6. The number of hydrogen-bond donors (Lipinski definition) is 13. The number of benzene rings is 2. The Kier molecular flexibility index (Phi) is 24.6. The highest BCUT2D eigenvalue weighted by molar-refractivity contribution is 5.97. The minimum Gasteiger partial charge on any atom is -0.508 e. The molecule has 1 aliphatic heterocycles. The van der Waals surface area contributed by atoms with Gasteiger partial charge in [-0.1, -0.05) is 62.7 Å². The van der Waals surface area contributed by atoms with Crippen molar-refractivity contribution in [3.05, 3.63) is 65.7 Å². The number of unbranched alkanes of at least 4 members (excludes halogenated alkanes) is 1. The van der Waals surface area contributed by atoms with Gasteiger partial charge in [-0.05, 0) is 74.2 Å². The van der Waals surface area contributed by atoms with Crippen molar-refractivity contribution in [3.8, 4) is 5.75 Å². The summed E-state index contributed by atoms with van der Waals surface area (Å²) in [7, 11) is 0. The highest BCUT2D eigenvalue weighted by Gasteiger charge is 2.35. The van der Waals surface area contributed by atoms with Gasteiger partial charge in [0.25, 0.3) is 0 Å². The molecule has 0 aliphatic carbocycles. The summed E-state index contributed by atoms with van der Waals surface area (Å²) in [5.74, 6) is -7.56. The number of nitrogens with zero attached hydrogens (tertiary/aromatic N) is 3. The molecule has 1 heterocycles. The summed E-state index contributed by atoms with van der Waals surface area (Å²) in [5.41, 5.74) is 29.5. The second-order valence-electron chi connectivity index (χ2n) is 17.6. The zero-order chi connectivity index (χ0) is 52.5. The molecule has 0 spiro atoms. The molecule has 388 valence electrons. The number of amides is 7. The molecule has 0 saturated heterocycles. The number of phenols is 1. The largest absolute Gasteiger partial charge is 0.508 e. The lowest BCUT2D eigenvalue weighted by molar-refractivity contribution is -0.138. The van der Waals surface area contributed by atoms with Gasteiger partial charge in [0.1, 0.15) is 48.3 Å². The van der Waals surface area contributed by atoms with Crippen molar-refractivity contribution in [2.75, 3.05) is 13.1 Å². The van der Waals surface area contributed by atoms with E-state index in [1.165, 1.54) is 36.8 Å². The molecule has 7 amide bonds. The molecular formula is C47H70N14O10. The van der Waals surface area contributed by atoms with Crippen LogP contribution in [0.4, 0.5) is 0 Å². The molecule has 1 unspecified atom stereocenters. The Morgan fingerprint density at radius 1 is 0.648 bits per heavy atom. The summed E-state index contributed by atoms with van der Waals surface area (Å²) < 4.78 is 0. The number of carbonyl (C=O) groups excluding carboxylic acids is 7. The Balaban J connectivity index is 1.93. The molecular weight excluding hydrogens is 921 g/mol. The van der Waals surface area contributed by atoms with Crippen LogP contribution in [0.1, 0.15) is 82.8 Å². The van der Waals surface area contributed by atoms with Crippen LogP contribution in [0.25, 0.3) is 0 Å². The van der Waals surface area contributed by atoms with Crippen LogP contribution in [0.2, 0.25) is 0 Å². The Labute approximate surface area is 412 Å². The van der Waals surface area contributed by atoms with Gasteiger partial charge < -0.3 is 70.8 Å². The lowest BCUT2D eigenvalue weighted by Crippen LogP contribution is -2.60. The molecule has 24 nitrogen and oxygen atoms in total. The standard InChI is InChI=1S/C47H70N14O10/c1-27(2)21-36(44(69)56-33(12-8-20-54-47(51)52)42(67)58-35(40(50)65)22-28-9-4-3-5-10-28)60-45(70)37(23-29-13-15-31(62)16-14-29)61-43(68)34(17-18-39(63)64)57-46(71)38(24-30-25-53-26-55-30)59-41(66)32(49)11-6-7-19-48/h3-5,9-10,13-16,25-27,30,32-38,62H,6-8,11-12,17-24,48-49H2,1-2H3,(H2,50,65)(H,56,69)(H,57,71)(H,58,67)(H,59,66)(H,60,70)(H,61,68)(H,63,64)(H4,51,52,54)/t30?,32-,33-,34-,35-,36-,37-,38-/m0/s1. The summed E-state index contributed by atoms with van der Waals surface area (Å²) in [6.07, 6.45) is 3.11. The summed E-state index contributed by atoms with van der Waals surface area (Å²) >= 11 is 0. The van der Waals surface area contributed by atoms with Crippen LogP contribution in [0.5, 0.6) is 5.75 Å². The monoisotopic (exact) mass is 991 g/mol. The van der Waals surface area contributed by atoms with Gasteiger partial charge in [0.15, 0.2) is 5.96 Å². The fourth-order valence-corrected chi connectivity index (χ4v) is 7.34. The molecule has 0 radical (unpaired) electrons. The number of carbonyl (C=O) groups is 8. The summed E-state index contributed by atoms with van der Waals surface area (Å²) in [6, 6.07) is 4.76. The van der Waals surface area contributed by atoms with E-state index in [9.17, 15) is 48.6 Å². The van der Waals surface area contributed by atoms with E-state index in [-0.39, 0.29) is 69.1 Å². The van der Waals surface area contributed by atoms with Crippen molar-refractivity contribution in [1.29, 1.82) is 0 Å². The molecule has 24 heteroatoms. The van der Waals surface area contributed by atoms with E-state index in [0.29, 0.717) is 30.5 Å². The SMILES string of the molecule is CC(C)C[C@H](NC(=O)[C@H](Cc1ccc(O)cc1)NC(=O)[C@H](CCC(=O)O)NC(=O)[C@H](CC1C=NC=N1)NC(=O)[C@@H](N)CCCCN)C(=O)N[C@@H](CCCN=C(N)N)C(=O)N[C@@H](Cc1ccccc1)C(N)=O. The predicted octanol–water partition coefficient (Wildman–Crippen LogP) is -2.14. The van der Waals surface area contributed by atoms with Gasteiger partial charge in [0, 0.05) is 38.4 Å². The molecule has 1 aliphatic rings. The van der Waals surface area contributed by atoms with Gasteiger partial charge in [-0.15, -0.1) is 0 Å². The lowest BCUT2D eigenvalue weighted by atomic mass is 9.99. The number of aromatic hydroxyl groups is 1. The first-order valence-electron chi connectivity index (χ1n) is 23.5. The zero-order valence-corrected chi connectivity index (χ0v) is 40.1. The Bertz CT molecular complexity index is 2180. The third-order valence-electron chi connectivity index (χ3n) is 11.1. The topological polar surface area (TPSA) is 416 Å². The Hall–Kier alpha value is -7.47. The number of carboxylic acids is 1. The number of guanidine groups is 1. The van der Waals surface area contributed by atoms with E-state index < -0.39 is 108 Å². The first-order valence-corrected chi connectivity index (χ1v) is 23.5. The van der Waals surface area contributed by atoms with Gasteiger partial charge in [-0.2, -0.15) is 0 Å². The predicted molar refractivity (Wildman–Crippen MR) is 265 cm³/mol. The lowest BCUT2D eigenvalue weighted by Gasteiger charge is -2.28. The maximum absolute atomic E-state index is 14.4. The van der Waals surface area contributed by atoms with Crippen molar-refractivity contribution >= 4 is 65.8 Å².